The van der Waals surface area contributed by atoms with Gasteiger partial charge in [-0.1, -0.05) is 107 Å². The van der Waals surface area contributed by atoms with Crippen LogP contribution in [0.4, 0.5) is 0 Å². The van der Waals surface area contributed by atoms with E-state index in [1.54, 1.807) is 42.5 Å². The van der Waals surface area contributed by atoms with Crippen molar-refractivity contribution >= 4 is 17.6 Å². The molecule has 0 unspecified atom stereocenters. The highest BCUT2D eigenvalue weighted by Crippen LogP contribution is 2.25. The first kappa shape index (κ1) is 28.6. The second kappa shape index (κ2) is 16.7. The Morgan fingerprint density at radius 3 is 1.92 bits per heavy atom. The van der Waals surface area contributed by atoms with Crippen molar-refractivity contribution in [3.8, 4) is 17.2 Å². The van der Waals surface area contributed by atoms with Crippen LogP contribution in [-0.4, -0.2) is 12.6 Å². The quantitative estimate of drug-likeness (QED) is 0.101. The highest BCUT2D eigenvalue weighted by Gasteiger charge is 2.14. The number of hydrogen-bond acceptors (Lipinski definition) is 4. The van der Waals surface area contributed by atoms with Gasteiger partial charge in [0.2, 0.25) is 0 Å². The molecule has 0 N–H and O–H groups in total. The molecule has 0 aliphatic heterocycles. The maximum atomic E-state index is 12.6. The molecule has 0 spiro atoms. The SMILES string of the molecule is CCCCCCCCCCCCOc1ccc(C(=O)Oc2ccc(OCc3ccccc3)cc2)c(Cl)c1. The van der Waals surface area contributed by atoms with E-state index in [1.165, 1.54) is 57.8 Å². The second-order valence-electron chi connectivity index (χ2n) is 9.31. The van der Waals surface area contributed by atoms with E-state index in [0.29, 0.717) is 41.0 Å². The molecule has 0 radical (unpaired) electrons. The van der Waals surface area contributed by atoms with Crippen molar-refractivity contribution in [1.82, 2.24) is 0 Å². The highest BCUT2D eigenvalue weighted by atomic mass is 35.5. The van der Waals surface area contributed by atoms with Crippen molar-refractivity contribution in [2.75, 3.05) is 6.61 Å². The highest BCUT2D eigenvalue weighted by molar-refractivity contribution is 6.33. The lowest BCUT2D eigenvalue weighted by atomic mass is 10.1. The average molecular weight is 523 g/mol. The van der Waals surface area contributed by atoms with Gasteiger partial charge in [-0.05, 0) is 54.4 Å². The number of rotatable bonds is 17. The lowest BCUT2D eigenvalue weighted by molar-refractivity contribution is 0.0734. The zero-order valence-electron chi connectivity index (χ0n) is 21.9. The summed E-state index contributed by atoms with van der Waals surface area (Å²) < 4.78 is 17.1. The molecule has 3 aromatic rings. The summed E-state index contributed by atoms with van der Waals surface area (Å²) in [5.74, 6) is 1.28. The number of halogens is 1. The van der Waals surface area contributed by atoms with Gasteiger partial charge in [-0.3, -0.25) is 0 Å². The van der Waals surface area contributed by atoms with Crippen molar-refractivity contribution in [2.45, 2.75) is 77.7 Å². The van der Waals surface area contributed by atoms with E-state index >= 15 is 0 Å². The molecule has 198 valence electrons. The first-order valence-electron chi connectivity index (χ1n) is 13.6. The molecule has 3 rings (SSSR count). The van der Waals surface area contributed by atoms with Gasteiger partial charge < -0.3 is 14.2 Å². The van der Waals surface area contributed by atoms with E-state index in [1.807, 2.05) is 30.3 Å². The molecule has 0 aliphatic rings. The molecule has 0 fully saturated rings. The fourth-order valence-electron chi connectivity index (χ4n) is 4.04. The summed E-state index contributed by atoms with van der Waals surface area (Å²) >= 11 is 6.36. The second-order valence-corrected chi connectivity index (χ2v) is 9.71. The number of carbonyl (C=O) groups excluding carboxylic acids is 1. The number of hydrogen-bond donors (Lipinski definition) is 0. The van der Waals surface area contributed by atoms with E-state index in [-0.39, 0.29) is 0 Å². The minimum Gasteiger partial charge on any atom is -0.494 e. The van der Waals surface area contributed by atoms with Gasteiger partial charge in [0.05, 0.1) is 17.2 Å². The Bertz CT molecular complexity index is 1050. The molecule has 0 saturated heterocycles. The number of esters is 1. The van der Waals surface area contributed by atoms with Crippen LogP contribution in [0.15, 0.2) is 72.8 Å². The Hall–Kier alpha value is -2.98. The fraction of sp³-hybridized carbons (Fsp3) is 0.406. The van der Waals surface area contributed by atoms with Gasteiger partial charge in [0.15, 0.2) is 0 Å². The molecule has 0 aliphatic carbocycles. The lowest BCUT2D eigenvalue weighted by Crippen LogP contribution is -2.09. The van der Waals surface area contributed by atoms with Gasteiger partial charge in [-0.2, -0.15) is 0 Å². The van der Waals surface area contributed by atoms with Crippen molar-refractivity contribution < 1.29 is 19.0 Å². The monoisotopic (exact) mass is 522 g/mol. The molecule has 0 bridgehead atoms. The molecule has 0 heterocycles. The van der Waals surface area contributed by atoms with Gasteiger partial charge in [0, 0.05) is 0 Å². The lowest BCUT2D eigenvalue weighted by Gasteiger charge is -2.10. The molecular weight excluding hydrogens is 484 g/mol. The number of carbonyl (C=O) groups is 1. The summed E-state index contributed by atoms with van der Waals surface area (Å²) in [4.78, 5) is 12.6. The summed E-state index contributed by atoms with van der Waals surface area (Å²) in [5.41, 5.74) is 1.39. The molecule has 5 heteroatoms. The van der Waals surface area contributed by atoms with Crippen molar-refractivity contribution in [3.63, 3.8) is 0 Å². The van der Waals surface area contributed by atoms with Crippen molar-refractivity contribution in [2.24, 2.45) is 0 Å². The van der Waals surface area contributed by atoms with Crippen LogP contribution in [0.1, 0.15) is 87.1 Å². The van der Waals surface area contributed by atoms with Gasteiger partial charge in [-0.15, -0.1) is 0 Å². The summed E-state index contributed by atoms with van der Waals surface area (Å²) in [5, 5.41) is 0.313. The van der Waals surface area contributed by atoms with Crippen LogP contribution in [0.3, 0.4) is 0 Å². The van der Waals surface area contributed by atoms with Crippen LogP contribution < -0.4 is 14.2 Å². The normalized spacial score (nSPS) is 10.8. The van der Waals surface area contributed by atoms with E-state index in [2.05, 4.69) is 6.92 Å². The van der Waals surface area contributed by atoms with Crippen LogP contribution in [0, 0.1) is 0 Å². The zero-order chi connectivity index (χ0) is 26.1. The van der Waals surface area contributed by atoms with Crippen LogP contribution >= 0.6 is 11.6 Å². The van der Waals surface area contributed by atoms with E-state index in [0.717, 1.165) is 12.0 Å². The number of ether oxygens (including phenoxy) is 3. The van der Waals surface area contributed by atoms with E-state index in [9.17, 15) is 4.79 Å². The number of benzene rings is 3. The predicted molar refractivity (Wildman–Crippen MR) is 151 cm³/mol. The first-order chi connectivity index (χ1) is 18.2. The minimum absolute atomic E-state index is 0.303. The predicted octanol–water partition coefficient (Wildman–Crippen LogP) is 9.44. The van der Waals surface area contributed by atoms with Gasteiger partial charge in [0.25, 0.3) is 0 Å². The fourth-order valence-corrected chi connectivity index (χ4v) is 4.29. The molecule has 0 saturated carbocycles. The summed E-state index contributed by atoms with van der Waals surface area (Å²) in [6, 6.07) is 22.0. The average Bonchev–Trinajstić information content (AvgIpc) is 2.92. The van der Waals surface area contributed by atoms with Gasteiger partial charge in [-0.25, -0.2) is 4.79 Å². The largest absolute Gasteiger partial charge is 0.494 e. The van der Waals surface area contributed by atoms with Crippen molar-refractivity contribution in [1.29, 1.82) is 0 Å². The third kappa shape index (κ3) is 10.9. The molecule has 3 aromatic carbocycles. The molecule has 0 atom stereocenters. The maximum absolute atomic E-state index is 12.6. The zero-order valence-corrected chi connectivity index (χ0v) is 22.7. The summed E-state index contributed by atoms with van der Waals surface area (Å²) in [7, 11) is 0. The van der Waals surface area contributed by atoms with Crippen LogP contribution in [0.5, 0.6) is 17.2 Å². The molecule has 4 nitrogen and oxygen atoms in total. The van der Waals surface area contributed by atoms with E-state index < -0.39 is 5.97 Å². The van der Waals surface area contributed by atoms with Crippen LogP contribution in [0.2, 0.25) is 5.02 Å². The van der Waals surface area contributed by atoms with Gasteiger partial charge in [0.1, 0.15) is 23.9 Å². The first-order valence-corrected chi connectivity index (χ1v) is 13.9. The minimum atomic E-state index is -0.510. The standard InChI is InChI=1S/C32H39ClO4/c1-2-3-4-5-6-7-8-9-10-14-23-35-29-21-22-30(31(33)24-29)32(34)37-28-19-17-27(18-20-28)36-25-26-15-12-11-13-16-26/h11-13,15-22,24H,2-10,14,23,25H2,1H3. The topological polar surface area (TPSA) is 44.8 Å². The molecule has 0 aromatic heterocycles. The Balaban J connectivity index is 1.34. The Labute approximate surface area is 226 Å². The molecule has 0 amide bonds. The summed E-state index contributed by atoms with van der Waals surface area (Å²) in [6.07, 6.45) is 12.9. The smallest absolute Gasteiger partial charge is 0.345 e. The Kier molecular flexibility index (Phi) is 12.9. The number of unbranched alkanes of at least 4 members (excludes halogenated alkanes) is 9. The van der Waals surface area contributed by atoms with E-state index in [4.69, 9.17) is 25.8 Å². The third-order valence-corrected chi connectivity index (χ3v) is 6.52. The van der Waals surface area contributed by atoms with Crippen molar-refractivity contribution in [3.05, 3.63) is 88.9 Å². The molecular formula is C32H39ClO4. The maximum Gasteiger partial charge on any atom is 0.345 e. The van der Waals surface area contributed by atoms with Crippen LogP contribution in [0.25, 0.3) is 0 Å². The third-order valence-electron chi connectivity index (χ3n) is 6.21. The Morgan fingerprint density at radius 1 is 0.676 bits per heavy atom. The van der Waals surface area contributed by atoms with Crippen LogP contribution in [-0.2, 0) is 6.61 Å². The Morgan fingerprint density at radius 2 is 1.27 bits per heavy atom. The van der Waals surface area contributed by atoms with Gasteiger partial charge >= 0.3 is 5.97 Å². The molecule has 37 heavy (non-hydrogen) atoms. The summed E-state index contributed by atoms with van der Waals surface area (Å²) in [6.45, 7) is 3.38.